The smallest absolute Gasteiger partial charge is 0.289 e. The van der Waals surface area contributed by atoms with E-state index in [-0.39, 0.29) is 11.4 Å². The van der Waals surface area contributed by atoms with Gasteiger partial charge in [0.1, 0.15) is 0 Å². The second kappa shape index (κ2) is 7.44. The average Bonchev–Trinajstić information content (AvgIpc) is 3.07. The molecular formula is C21H27N3O3. The lowest BCUT2D eigenvalue weighted by Crippen LogP contribution is -2.72. The number of likely N-dealkylation sites (tertiary alicyclic amines) is 2. The third kappa shape index (κ3) is 3.64. The molecule has 4 heterocycles. The maximum Gasteiger partial charge on any atom is 0.289 e. The fourth-order valence-corrected chi connectivity index (χ4v) is 4.28. The van der Waals surface area contributed by atoms with Crippen molar-refractivity contribution >= 4 is 5.91 Å². The Labute approximate surface area is 160 Å². The Kier molecular flexibility index (Phi) is 5.02. The monoisotopic (exact) mass is 369 g/mol. The van der Waals surface area contributed by atoms with Crippen molar-refractivity contribution in [1.29, 1.82) is 0 Å². The van der Waals surface area contributed by atoms with Crippen molar-refractivity contribution in [3.8, 4) is 0 Å². The summed E-state index contributed by atoms with van der Waals surface area (Å²) in [6.07, 6.45) is 5.57. The minimum absolute atomic E-state index is 0.00468. The van der Waals surface area contributed by atoms with E-state index in [1.165, 1.54) is 0 Å². The minimum atomic E-state index is 0.00468. The predicted molar refractivity (Wildman–Crippen MR) is 101 cm³/mol. The van der Waals surface area contributed by atoms with Crippen LogP contribution in [0.2, 0.25) is 0 Å². The number of furan rings is 1. The van der Waals surface area contributed by atoms with E-state index >= 15 is 0 Å². The van der Waals surface area contributed by atoms with Crippen molar-refractivity contribution < 1.29 is 13.9 Å². The molecule has 2 aromatic rings. The normalized spacial score (nSPS) is 22.0. The zero-order chi connectivity index (χ0) is 18.9. The standard InChI is InChI=1S/C21H27N3O3/c1-16-7-10-27-19(16)20(25)24-14-21(15-24)11-17(6-9-23(21)2)12-26-13-18-5-3-4-8-22-18/h3-5,7-8,10,17H,6,9,11-15H2,1-2H3/t17-/m0/s1. The van der Waals surface area contributed by atoms with Crippen LogP contribution in [0.25, 0.3) is 0 Å². The molecule has 0 unspecified atom stereocenters. The molecule has 6 nitrogen and oxygen atoms in total. The molecule has 4 rings (SSSR count). The summed E-state index contributed by atoms with van der Waals surface area (Å²) in [6.45, 7) is 5.78. The number of likely N-dealkylation sites (N-methyl/N-ethyl adjacent to an activating group) is 1. The molecule has 27 heavy (non-hydrogen) atoms. The minimum Gasteiger partial charge on any atom is -0.459 e. The van der Waals surface area contributed by atoms with E-state index in [2.05, 4.69) is 16.9 Å². The van der Waals surface area contributed by atoms with E-state index < -0.39 is 0 Å². The second-order valence-electron chi connectivity index (χ2n) is 7.93. The third-order valence-corrected chi connectivity index (χ3v) is 5.99. The molecule has 2 fully saturated rings. The van der Waals surface area contributed by atoms with Crippen LogP contribution in [0.15, 0.2) is 41.1 Å². The molecule has 0 bridgehead atoms. The summed E-state index contributed by atoms with van der Waals surface area (Å²) < 4.78 is 11.3. The summed E-state index contributed by atoms with van der Waals surface area (Å²) in [7, 11) is 2.17. The van der Waals surface area contributed by atoms with Crippen LogP contribution in [0.5, 0.6) is 0 Å². The van der Waals surface area contributed by atoms with Crippen LogP contribution in [0.4, 0.5) is 0 Å². The summed E-state index contributed by atoms with van der Waals surface area (Å²) in [5, 5.41) is 0. The number of nitrogens with zero attached hydrogens (tertiary/aromatic N) is 3. The highest BCUT2D eigenvalue weighted by Crippen LogP contribution is 2.39. The lowest BCUT2D eigenvalue weighted by atomic mass is 9.75. The van der Waals surface area contributed by atoms with E-state index in [9.17, 15) is 4.79 Å². The number of rotatable bonds is 5. The highest BCUT2D eigenvalue weighted by Gasteiger charge is 2.51. The predicted octanol–water partition coefficient (Wildman–Crippen LogP) is 2.74. The summed E-state index contributed by atoms with van der Waals surface area (Å²) in [4.78, 5) is 21.3. The van der Waals surface area contributed by atoms with Crippen molar-refractivity contribution in [2.75, 3.05) is 33.3 Å². The molecule has 144 valence electrons. The van der Waals surface area contributed by atoms with Crippen molar-refractivity contribution in [2.45, 2.75) is 31.9 Å². The van der Waals surface area contributed by atoms with Crippen LogP contribution in [0.1, 0.15) is 34.7 Å². The van der Waals surface area contributed by atoms with Crippen molar-refractivity contribution in [3.63, 3.8) is 0 Å². The zero-order valence-electron chi connectivity index (χ0n) is 16.1. The van der Waals surface area contributed by atoms with E-state index in [1.807, 2.05) is 36.1 Å². The number of piperidine rings is 1. The van der Waals surface area contributed by atoms with Gasteiger partial charge in [-0.1, -0.05) is 6.07 Å². The number of aryl methyl sites for hydroxylation is 1. The lowest BCUT2D eigenvalue weighted by Gasteiger charge is -2.58. The third-order valence-electron chi connectivity index (χ3n) is 5.99. The number of hydrogen-bond donors (Lipinski definition) is 0. The van der Waals surface area contributed by atoms with Crippen LogP contribution in [0, 0.1) is 12.8 Å². The molecule has 1 spiro atoms. The topological polar surface area (TPSA) is 58.8 Å². The first-order valence-corrected chi connectivity index (χ1v) is 9.60. The van der Waals surface area contributed by atoms with E-state index in [0.29, 0.717) is 18.3 Å². The molecule has 2 aliphatic heterocycles. The molecule has 2 aromatic heterocycles. The number of hydrogen-bond acceptors (Lipinski definition) is 5. The van der Waals surface area contributed by atoms with Crippen molar-refractivity contribution in [3.05, 3.63) is 53.7 Å². The molecule has 0 saturated carbocycles. The zero-order valence-corrected chi connectivity index (χ0v) is 16.1. The van der Waals surface area contributed by atoms with Crippen LogP contribution in [0.3, 0.4) is 0 Å². The van der Waals surface area contributed by atoms with Gasteiger partial charge in [-0.3, -0.25) is 14.7 Å². The van der Waals surface area contributed by atoms with Gasteiger partial charge >= 0.3 is 0 Å². The van der Waals surface area contributed by atoms with Crippen LogP contribution in [-0.2, 0) is 11.3 Å². The molecule has 0 N–H and O–H groups in total. The van der Waals surface area contributed by atoms with Crippen molar-refractivity contribution in [2.24, 2.45) is 5.92 Å². The number of aromatic nitrogens is 1. The van der Waals surface area contributed by atoms with Gasteiger partial charge in [0.05, 0.1) is 30.7 Å². The highest BCUT2D eigenvalue weighted by molar-refractivity contribution is 5.93. The molecule has 1 atom stereocenters. The van der Waals surface area contributed by atoms with Crippen LogP contribution >= 0.6 is 0 Å². The number of amides is 1. The number of carbonyl (C=O) groups is 1. The number of ether oxygens (including phenoxy) is 1. The fraction of sp³-hybridized carbons (Fsp3) is 0.524. The molecule has 0 radical (unpaired) electrons. The number of carbonyl (C=O) groups excluding carboxylic acids is 1. The van der Waals surface area contributed by atoms with E-state index in [0.717, 1.165) is 50.3 Å². The van der Waals surface area contributed by atoms with E-state index in [1.54, 1.807) is 12.5 Å². The fourth-order valence-electron chi connectivity index (χ4n) is 4.28. The quantitative estimate of drug-likeness (QED) is 0.811. The Morgan fingerprint density at radius 3 is 2.93 bits per heavy atom. The SMILES string of the molecule is Cc1ccoc1C(=O)N1CC2(C[C@@H](COCc3ccccn3)CCN2C)C1. The van der Waals surface area contributed by atoms with Gasteiger partial charge in [-0.25, -0.2) is 0 Å². The average molecular weight is 369 g/mol. The van der Waals surface area contributed by atoms with E-state index in [4.69, 9.17) is 9.15 Å². The van der Waals surface area contributed by atoms with Gasteiger partial charge in [0.25, 0.3) is 5.91 Å². The Morgan fingerprint density at radius 2 is 2.22 bits per heavy atom. The summed E-state index contributed by atoms with van der Waals surface area (Å²) in [5.74, 6) is 0.996. The molecule has 0 aromatic carbocycles. The Balaban J connectivity index is 1.31. The number of pyridine rings is 1. The van der Waals surface area contributed by atoms with Crippen molar-refractivity contribution in [1.82, 2.24) is 14.8 Å². The molecule has 0 aliphatic carbocycles. The molecule has 1 amide bonds. The maximum atomic E-state index is 12.6. The van der Waals surface area contributed by atoms with Gasteiger partial charge < -0.3 is 14.1 Å². The second-order valence-corrected chi connectivity index (χ2v) is 7.93. The Hall–Kier alpha value is -2.18. The molecular weight excluding hydrogens is 342 g/mol. The summed E-state index contributed by atoms with van der Waals surface area (Å²) in [5.41, 5.74) is 1.95. The van der Waals surface area contributed by atoms with Gasteiger partial charge in [-0.05, 0) is 57.5 Å². The van der Waals surface area contributed by atoms with Crippen LogP contribution < -0.4 is 0 Å². The Bertz CT molecular complexity index is 783. The van der Waals surface area contributed by atoms with Gasteiger partial charge in [0, 0.05) is 24.8 Å². The first-order valence-electron chi connectivity index (χ1n) is 9.60. The summed E-state index contributed by atoms with van der Waals surface area (Å²) in [6, 6.07) is 7.72. The first-order chi connectivity index (χ1) is 13.1. The lowest BCUT2D eigenvalue weighted by molar-refractivity contribution is -0.0776. The molecule has 6 heteroatoms. The molecule has 2 aliphatic rings. The first kappa shape index (κ1) is 18.2. The van der Waals surface area contributed by atoms with Gasteiger partial charge in [0.15, 0.2) is 5.76 Å². The maximum absolute atomic E-state index is 12.6. The largest absolute Gasteiger partial charge is 0.459 e. The molecule has 2 saturated heterocycles. The summed E-state index contributed by atoms with van der Waals surface area (Å²) >= 11 is 0. The highest BCUT2D eigenvalue weighted by atomic mass is 16.5. The van der Waals surface area contributed by atoms with Gasteiger partial charge in [0.2, 0.25) is 0 Å². The van der Waals surface area contributed by atoms with Gasteiger partial charge in [-0.2, -0.15) is 0 Å². The Morgan fingerprint density at radius 1 is 1.37 bits per heavy atom. The van der Waals surface area contributed by atoms with Crippen LogP contribution in [-0.4, -0.2) is 59.5 Å². The van der Waals surface area contributed by atoms with Gasteiger partial charge in [-0.15, -0.1) is 0 Å².